The minimum absolute atomic E-state index is 0.200. The van der Waals surface area contributed by atoms with Crippen LogP contribution in [0.25, 0.3) is 5.57 Å². The number of hydrogen-bond acceptors (Lipinski definition) is 2. The molecule has 2 rings (SSSR count). The van der Waals surface area contributed by atoms with Gasteiger partial charge in [-0.1, -0.05) is 37.3 Å². The molecule has 0 aromatic heterocycles. The number of benzene rings is 1. The van der Waals surface area contributed by atoms with Crippen LogP contribution in [0.15, 0.2) is 43.5 Å². The lowest BCUT2D eigenvalue weighted by molar-refractivity contribution is -0.141. The van der Waals surface area contributed by atoms with Crippen molar-refractivity contribution in [3.05, 3.63) is 54.6 Å². The van der Waals surface area contributed by atoms with Gasteiger partial charge in [-0.25, -0.2) is 0 Å². The van der Waals surface area contributed by atoms with Gasteiger partial charge in [0.25, 0.3) is 0 Å². The van der Waals surface area contributed by atoms with E-state index in [0.29, 0.717) is 6.54 Å². The van der Waals surface area contributed by atoms with Crippen molar-refractivity contribution in [2.24, 2.45) is 5.92 Å². The summed E-state index contributed by atoms with van der Waals surface area (Å²) in [5.74, 6) is -0.863. The average molecular weight is 301 g/mol. The van der Waals surface area contributed by atoms with E-state index in [1.165, 1.54) is 16.7 Å². The van der Waals surface area contributed by atoms with Crippen molar-refractivity contribution in [1.29, 1.82) is 0 Å². The van der Waals surface area contributed by atoms with Gasteiger partial charge in [0.2, 0.25) is 0 Å². The van der Waals surface area contributed by atoms with E-state index in [1.807, 2.05) is 0 Å². The van der Waals surface area contributed by atoms with Crippen LogP contribution in [0.2, 0.25) is 0 Å². The first-order valence-corrected chi connectivity index (χ1v) is 7.84. The van der Waals surface area contributed by atoms with Gasteiger partial charge in [-0.2, -0.15) is 0 Å². The van der Waals surface area contributed by atoms with E-state index in [2.05, 4.69) is 62.2 Å². The van der Waals surface area contributed by atoms with E-state index >= 15 is 0 Å². The molecule has 0 aliphatic carbocycles. The molecule has 3 heteroatoms. The molecule has 1 saturated heterocycles. The number of carboxylic acid groups (broad SMARTS) is 1. The van der Waals surface area contributed by atoms with Crippen LogP contribution < -0.4 is 0 Å². The summed E-state index contributed by atoms with van der Waals surface area (Å²) in [6.45, 7) is 12.6. The highest BCUT2D eigenvalue weighted by Crippen LogP contribution is 2.24. The van der Waals surface area contributed by atoms with Gasteiger partial charge in [0.1, 0.15) is 0 Å². The summed E-state index contributed by atoms with van der Waals surface area (Å²) >= 11 is 0. The number of likely N-dealkylation sites (tertiary alicyclic amines) is 1. The standard InChI is InChI=1S/C17H23NO2.C2H4/c1-3-13-7-5-6-8-16(13)14(4-2)11-18-10-9-15(12-18)17(19)20;1-2/h4-8,15H,3,9-12H2,1-2H3,(H,19,20);1-2H2/b14-4-;. The highest BCUT2D eigenvalue weighted by atomic mass is 16.4. The first kappa shape index (κ1) is 18.2. The van der Waals surface area contributed by atoms with Crippen molar-refractivity contribution in [2.75, 3.05) is 19.6 Å². The maximum Gasteiger partial charge on any atom is 0.307 e. The molecular weight excluding hydrogens is 274 g/mol. The number of aryl methyl sites for hydroxylation is 1. The molecule has 1 heterocycles. The summed E-state index contributed by atoms with van der Waals surface area (Å²) in [4.78, 5) is 13.3. The number of hydrogen-bond donors (Lipinski definition) is 1. The largest absolute Gasteiger partial charge is 0.481 e. The SMILES string of the molecule is C/C=C(/CN1CCC(C(=O)O)C1)c1ccccc1CC.C=C. The maximum absolute atomic E-state index is 11.0. The van der Waals surface area contributed by atoms with Gasteiger partial charge >= 0.3 is 5.97 Å². The number of aliphatic carboxylic acids is 1. The first-order valence-electron chi connectivity index (χ1n) is 7.84. The van der Waals surface area contributed by atoms with Crippen LogP contribution in [-0.4, -0.2) is 35.6 Å². The summed E-state index contributed by atoms with van der Waals surface area (Å²) in [5, 5.41) is 9.08. The van der Waals surface area contributed by atoms with Crippen LogP contribution in [0.4, 0.5) is 0 Å². The van der Waals surface area contributed by atoms with Gasteiger partial charge in [0.15, 0.2) is 0 Å². The monoisotopic (exact) mass is 301 g/mol. The molecule has 0 spiro atoms. The second-order valence-electron chi connectivity index (χ2n) is 5.38. The molecule has 1 aromatic carbocycles. The molecule has 1 aliphatic rings. The third kappa shape index (κ3) is 4.57. The van der Waals surface area contributed by atoms with Crippen molar-refractivity contribution >= 4 is 11.5 Å². The molecule has 1 atom stereocenters. The smallest absolute Gasteiger partial charge is 0.307 e. The van der Waals surface area contributed by atoms with Gasteiger partial charge < -0.3 is 5.11 Å². The Morgan fingerprint density at radius 3 is 2.64 bits per heavy atom. The van der Waals surface area contributed by atoms with Crippen LogP contribution in [-0.2, 0) is 11.2 Å². The Labute approximate surface area is 134 Å². The molecular formula is C19H27NO2. The predicted octanol–water partition coefficient (Wildman–Crippen LogP) is 3.86. The van der Waals surface area contributed by atoms with E-state index in [0.717, 1.165) is 25.9 Å². The molecule has 0 amide bonds. The van der Waals surface area contributed by atoms with E-state index in [1.54, 1.807) is 0 Å². The fourth-order valence-electron chi connectivity index (χ4n) is 2.89. The van der Waals surface area contributed by atoms with E-state index < -0.39 is 5.97 Å². The van der Waals surface area contributed by atoms with Crippen LogP contribution >= 0.6 is 0 Å². The normalized spacial score (nSPS) is 18.6. The van der Waals surface area contributed by atoms with Gasteiger partial charge in [-0.15, -0.1) is 13.2 Å². The lowest BCUT2D eigenvalue weighted by atomic mass is 9.97. The zero-order valence-corrected chi connectivity index (χ0v) is 13.7. The molecule has 120 valence electrons. The van der Waals surface area contributed by atoms with Crippen molar-refractivity contribution in [3.8, 4) is 0 Å². The van der Waals surface area contributed by atoms with E-state index in [4.69, 9.17) is 5.11 Å². The van der Waals surface area contributed by atoms with Crippen molar-refractivity contribution in [2.45, 2.75) is 26.7 Å². The summed E-state index contributed by atoms with van der Waals surface area (Å²) in [7, 11) is 0. The van der Waals surface area contributed by atoms with Crippen LogP contribution in [0.3, 0.4) is 0 Å². The molecule has 1 unspecified atom stereocenters. The summed E-state index contributed by atoms with van der Waals surface area (Å²) in [6.07, 6.45) is 3.94. The average Bonchev–Trinajstić information content (AvgIpc) is 3.03. The number of carbonyl (C=O) groups is 1. The molecule has 1 aromatic rings. The molecule has 1 N–H and O–H groups in total. The van der Waals surface area contributed by atoms with Gasteiger partial charge in [0, 0.05) is 13.1 Å². The van der Waals surface area contributed by atoms with Crippen molar-refractivity contribution in [1.82, 2.24) is 4.90 Å². The molecule has 0 saturated carbocycles. The fraction of sp³-hybridized carbons (Fsp3) is 0.421. The summed E-state index contributed by atoms with van der Waals surface area (Å²) in [6, 6.07) is 8.48. The Hall–Kier alpha value is -1.87. The number of carboxylic acids is 1. The van der Waals surface area contributed by atoms with E-state index in [9.17, 15) is 4.79 Å². The molecule has 0 bridgehead atoms. The Morgan fingerprint density at radius 2 is 2.09 bits per heavy atom. The summed E-state index contributed by atoms with van der Waals surface area (Å²) in [5.41, 5.74) is 3.96. The van der Waals surface area contributed by atoms with Crippen LogP contribution in [0.5, 0.6) is 0 Å². The second-order valence-corrected chi connectivity index (χ2v) is 5.38. The highest BCUT2D eigenvalue weighted by molar-refractivity contribution is 5.71. The minimum atomic E-state index is -0.663. The van der Waals surface area contributed by atoms with Gasteiger partial charge in [-0.05, 0) is 43.0 Å². The summed E-state index contributed by atoms with van der Waals surface area (Å²) < 4.78 is 0. The van der Waals surface area contributed by atoms with Crippen molar-refractivity contribution < 1.29 is 9.90 Å². The minimum Gasteiger partial charge on any atom is -0.481 e. The lowest BCUT2D eigenvalue weighted by Crippen LogP contribution is -2.25. The molecule has 1 fully saturated rings. The molecule has 22 heavy (non-hydrogen) atoms. The van der Waals surface area contributed by atoms with Crippen LogP contribution in [0.1, 0.15) is 31.4 Å². The zero-order chi connectivity index (χ0) is 16.5. The predicted molar refractivity (Wildman–Crippen MR) is 92.9 cm³/mol. The third-order valence-electron chi connectivity index (χ3n) is 4.11. The van der Waals surface area contributed by atoms with Crippen molar-refractivity contribution in [3.63, 3.8) is 0 Å². The number of allylic oxidation sites excluding steroid dienone is 1. The lowest BCUT2D eigenvalue weighted by Gasteiger charge is -2.19. The second kappa shape index (κ2) is 9.21. The maximum atomic E-state index is 11.0. The Kier molecular flexibility index (Phi) is 7.61. The van der Waals surface area contributed by atoms with Gasteiger partial charge in [-0.3, -0.25) is 9.69 Å². The quantitative estimate of drug-likeness (QED) is 0.840. The number of nitrogens with zero attached hydrogens (tertiary/aromatic N) is 1. The highest BCUT2D eigenvalue weighted by Gasteiger charge is 2.28. The first-order chi connectivity index (χ1) is 10.7. The zero-order valence-electron chi connectivity index (χ0n) is 13.7. The Morgan fingerprint density at radius 1 is 1.41 bits per heavy atom. The van der Waals surface area contributed by atoms with E-state index in [-0.39, 0.29) is 5.92 Å². The molecule has 1 aliphatic heterocycles. The Bertz CT molecular complexity index is 522. The molecule has 0 radical (unpaired) electrons. The fourth-order valence-corrected chi connectivity index (χ4v) is 2.89. The van der Waals surface area contributed by atoms with Gasteiger partial charge in [0.05, 0.1) is 5.92 Å². The Balaban J connectivity index is 0.00000116. The topological polar surface area (TPSA) is 40.5 Å². The third-order valence-corrected chi connectivity index (χ3v) is 4.11. The van der Waals surface area contributed by atoms with Crippen LogP contribution in [0, 0.1) is 5.92 Å². The number of rotatable bonds is 5. The molecule has 3 nitrogen and oxygen atoms in total.